The summed E-state index contributed by atoms with van der Waals surface area (Å²) >= 11 is 1.26. The molecule has 0 saturated carbocycles. The number of thioether (sulfide) groups is 1. The third-order valence-corrected chi connectivity index (χ3v) is 5.55. The maximum Gasteiger partial charge on any atom is 0.254 e. The van der Waals surface area contributed by atoms with Crippen LogP contribution in [-0.4, -0.2) is 32.3 Å². The molecule has 31 heavy (non-hydrogen) atoms. The first kappa shape index (κ1) is 22.5. The summed E-state index contributed by atoms with van der Waals surface area (Å²) in [7, 11) is 0. The fourth-order valence-corrected chi connectivity index (χ4v) is 3.78. The van der Waals surface area contributed by atoms with E-state index < -0.39 is 17.8 Å². The Hall–Kier alpha value is -3.20. The summed E-state index contributed by atoms with van der Waals surface area (Å²) in [6, 6.07) is 12.9. The molecule has 2 aromatic carbocycles. The van der Waals surface area contributed by atoms with Gasteiger partial charge >= 0.3 is 0 Å². The van der Waals surface area contributed by atoms with Crippen LogP contribution in [0.2, 0.25) is 0 Å². The van der Waals surface area contributed by atoms with Crippen LogP contribution in [0.5, 0.6) is 0 Å². The van der Waals surface area contributed by atoms with Gasteiger partial charge in [-0.25, -0.2) is 4.39 Å². The highest BCUT2D eigenvalue weighted by atomic mass is 32.2. The van der Waals surface area contributed by atoms with Crippen LogP contribution < -0.4 is 10.6 Å². The fraction of sp³-hybridized carbons (Fsp3) is 0.273. The molecule has 3 rings (SSSR count). The number of benzene rings is 2. The number of carbonyl (C=O) groups is 2. The first-order valence-corrected chi connectivity index (χ1v) is 10.9. The van der Waals surface area contributed by atoms with Crippen molar-refractivity contribution in [3.05, 3.63) is 71.3 Å². The molecule has 2 N–H and O–H groups in total. The number of aromatic nitrogens is 3. The van der Waals surface area contributed by atoms with E-state index in [1.54, 1.807) is 13.0 Å². The zero-order valence-corrected chi connectivity index (χ0v) is 18.4. The molecule has 0 spiro atoms. The molecule has 9 heteroatoms. The highest BCUT2D eigenvalue weighted by Gasteiger charge is 2.21. The van der Waals surface area contributed by atoms with Crippen molar-refractivity contribution in [2.75, 3.05) is 11.1 Å². The van der Waals surface area contributed by atoms with Crippen LogP contribution in [0, 0.1) is 12.7 Å². The van der Waals surface area contributed by atoms with Crippen molar-refractivity contribution in [2.24, 2.45) is 0 Å². The molecule has 2 amide bonds. The Morgan fingerprint density at radius 3 is 2.52 bits per heavy atom. The SMILES string of the molecule is CCn1c(SCC(=O)Nc2ccc(C)cc2)nnc1[C@@H](C)NC(=O)c1ccccc1F. The zero-order valence-electron chi connectivity index (χ0n) is 17.6. The molecule has 1 atom stereocenters. The second kappa shape index (κ2) is 10.2. The van der Waals surface area contributed by atoms with Crippen molar-refractivity contribution in [1.82, 2.24) is 20.1 Å². The van der Waals surface area contributed by atoms with E-state index in [4.69, 9.17) is 0 Å². The fourth-order valence-electron chi connectivity index (χ4n) is 2.97. The van der Waals surface area contributed by atoms with Gasteiger partial charge in [-0.3, -0.25) is 9.59 Å². The maximum absolute atomic E-state index is 13.9. The lowest BCUT2D eigenvalue weighted by Crippen LogP contribution is -2.29. The van der Waals surface area contributed by atoms with Crippen LogP contribution in [0.15, 0.2) is 53.7 Å². The first-order valence-electron chi connectivity index (χ1n) is 9.86. The average molecular weight is 442 g/mol. The molecule has 0 saturated heterocycles. The number of hydrogen-bond donors (Lipinski definition) is 2. The Labute approximate surface area is 184 Å². The van der Waals surface area contributed by atoms with Crippen LogP contribution in [-0.2, 0) is 11.3 Å². The summed E-state index contributed by atoms with van der Waals surface area (Å²) in [6.45, 7) is 6.22. The number of carbonyl (C=O) groups excluding carboxylic acids is 2. The molecule has 0 aliphatic rings. The molecule has 0 aliphatic carbocycles. The lowest BCUT2D eigenvalue weighted by Gasteiger charge is -2.15. The standard InChI is InChI=1S/C22H24FN5O2S/c1-4-28-20(15(3)24-21(30)17-7-5-6-8-18(17)23)26-27-22(28)31-13-19(29)25-16-11-9-14(2)10-12-16/h5-12,15H,4,13H2,1-3H3,(H,24,30)(H,25,29)/t15-/m1/s1. The number of nitrogens with one attached hydrogen (secondary N) is 2. The third-order valence-electron chi connectivity index (χ3n) is 4.58. The topological polar surface area (TPSA) is 88.9 Å². The average Bonchev–Trinajstić information content (AvgIpc) is 3.17. The zero-order chi connectivity index (χ0) is 22.4. The molecule has 1 heterocycles. The Morgan fingerprint density at radius 1 is 1.13 bits per heavy atom. The minimum absolute atomic E-state index is 0.0284. The predicted molar refractivity (Wildman–Crippen MR) is 119 cm³/mol. The molecular formula is C22H24FN5O2S. The lowest BCUT2D eigenvalue weighted by atomic mass is 10.2. The number of anilines is 1. The Morgan fingerprint density at radius 2 is 1.84 bits per heavy atom. The van der Waals surface area contributed by atoms with E-state index in [-0.39, 0.29) is 17.2 Å². The third kappa shape index (κ3) is 5.69. The molecular weight excluding hydrogens is 417 g/mol. The second-order valence-electron chi connectivity index (χ2n) is 6.96. The molecule has 0 fully saturated rings. The summed E-state index contributed by atoms with van der Waals surface area (Å²) in [5.74, 6) is -0.555. The minimum atomic E-state index is -0.583. The second-order valence-corrected chi connectivity index (χ2v) is 7.91. The van der Waals surface area contributed by atoms with Gasteiger partial charge in [-0.05, 0) is 45.0 Å². The van der Waals surface area contributed by atoms with Crippen molar-refractivity contribution in [3.8, 4) is 0 Å². The Balaban J connectivity index is 1.63. The van der Waals surface area contributed by atoms with E-state index >= 15 is 0 Å². The summed E-state index contributed by atoms with van der Waals surface area (Å²) in [6.07, 6.45) is 0. The lowest BCUT2D eigenvalue weighted by molar-refractivity contribution is -0.113. The van der Waals surface area contributed by atoms with Gasteiger partial charge in [-0.15, -0.1) is 10.2 Å². The summed E-state index contributed by atoms with van der Waals surface area (Å²) in [4.78, 5) is 24.7. The highest BCUT2D eigenvalue weighted by Crippen LogP contribution is 2.21. The molecule has 0 aliphatic heterocycles. The molecule has 0 bridgehead atoms. The van der Waals surface area contributed by atoms with Crippen molar-refractivity contribution >= 4 is 29.3 Å². The van der Waals surface area contributed by atoms with Gasteiger partial charge in [0.15, 0.2) is 11.0 Å². The van der Waals surface area contributed by atoms with Crippen molar-refractivity contribution in [3.63, 3.8) is 0 Å². The van der Waals surface area contributed by atoms with E-state index in [1.165, 1.54) is 30.0 Å². The minimum Gasteiger partial charge on any atom is -0.342 e. The largest absolute Gasteiger partial charge is 0.342 e. The molecule has 1 aromatic heterocycles. The van der Waals surface area contributed by atoms with Crippen LogP contribution in [0.3, 0.4) is 0 Å². The molecule has 7 nitrogen and oxygen atoms in total. The maximum atomic E-state index is 13.9. The van der Waals surface area contributed by atoms with Gasteiger partial charge in [0, 0.05) is 12.2 Å². The van der Waals surface area contributed by atoms with Gasteiger partial charge in [-0.1, -0.05) is 41.6 Å². The predicted octanol–water partition coefficient (Wildman–Crippen LogP) is 3.97. The first-order chi connectivity index (χ1) is 14.9. The molecule has 0 radical (unpaired) electrons. The van der Waals surface area contributed by atoms with Gasteiger partial charge in [0.2, 0.25) is 5.91 Å². The monoisotopic (exact) mass is 441 g/mol. The van der Waals surface area contributed by atoms with Crippen LogP contribution in [0.1, 0.15) is 41.6 Å². The molecule has 162 valence electrons. The Kier molecular flexibility index (Phi) is 7.41. The van der Waals surface area contributed by atoms with Gasteiger partial charge in [0.05, 0.1) is 17.4 Å². The van der Waals surface area contributed by atoms with Crippen LogP contribution >= 0.6 is 11.8 Å². The summed E-state index contributed by atoms with van der Waals surface area (Å²) in [5, 5.41) is 14.5. The Bertz CT molecular complexity index is 1070. The number of hydrogen-bond acceptors (Lipinski definition) is 5. The molecule has 0 unspecified atom stereocenters. The number of nitrogens with zero attached hydrogens (tertiary/aromatic N) is 3. The van der Waals surface area contributed by atoms with Crippen LogP contribution in [0.4, 0.5) is 10.1 Å². The van der Waals surface area contributed by atoms with E-state index in [2.05, 4.69) is 20.8 Å². The van der Waals surface area contributed by atoms with E-state index in [0.717, 1.165) is 11.3 Å². The summed E-state index contributed by atoms with van der Waals surface area (Å²) in [5.41, 5.74) is 1.82. The van der Waals surface area contributed by atoms with E-state index in [1.807, 2.05) is 42.7 Å². The van der Waals surface area contributed by atoms with Gasteiger partial charge in [0.25, 0.3) is 5.91 Å². The molecule has 3 aromatic rings. The summed E-state index contributed by atoms with van der Waals surface area (Å²) < 4.78 is 15.7. The van der Waals surface area contributed by atoms with Crippen molar-refractivity contribution < 1.29 is 14.0 Å². The number of aryl methyl sites for hydroxylation is 1. The van der Waals surface area contributed by atoms with Crippen molar-refractivity contribution in [1.29, 1.82) is 0 Å². The van der Waals surface area contributed by atoms with Gasteiger partial charge in [-0.2, -0.15) is 0 Å². The smallest absolute Gasteiger partial charge is 0.254 e. The van der Waals surface area contributed by atoms with E-state index in [9.17, 15) is 14.0 Å². The van der Waals surface area contributed by atoms with Crippen molar-refractivity contribution in [2.45, 2.75) is 38.5 Å². The quantitative estimate of drug-likeness (QED) is 0.517. The number of amides is 2. The van der Waals surface area contributed by atoms with Gasteiger partial charge in [0.1, 0.15) is 5.82 Å². The van der Waals surface area contributed by atoms with Gasteiger partial charge < -0.3 is 15.2 Å². The number of halogens is 1. The highest BCUT2D eigenvalue weighted by molar-refractivity contribution is 7.99. The number of rotatable bonds is 8. The van der Waals surface area contributed by atoms with E-state index in [0.29, 0.717) is 17.5 Å². The van der Waals surface area contributed by atoms with Crippen LogP contribution in [0.25, 0.3) is 0 Å². The normalized spacial score (nSPS) is 11.7.